The molecule has 1 heterocycles. The summed E-state index contributed by atoms with van der Waals surface area (Å²) in [5.41, 5.74) is 5.34. The lowest BCUT2D eigenvalue weighted by Gasteiger charge is -2.19. The molecule has 0 aliphatic rings. The predicted molar refractivity (Wildman–Crippen MR) is 123 cm³/mol. The van der Waals surface area contributed by atoms with Crippen LogP contribution >= 0.6 is 15.9 Å². The van der Waals surface area contributed by atoms with Gasteiger partial charge in [0.1, 0.15) is 11.5 Å². The van der Waals surface area contributed by atoms with Crippen LogP contribution < -0.4 is 5.43 Å². The number of halogens is 1. The summed E-state index contributed by atoms with van der Waals surface area (Å²) in [6.45, 7) is 6.43. The SMILES string of the molecule is CC(C)(C)c1ccc(CC(=O)N/N=C\c2ccc(-c3ccc([N+](=O)[O-])cc3Br)o2)cc1. The van der Waals surface area contributed by atoms with Crippen LogP contribution in [0.2, 0.25) is 0 Å². The van der Waals surface area contributed by atoms with Crippen molar-refractivity contribution in [2.45, 2.75) is 32.6 Å². The highest BCUT2D eigenvalue weighted by atomic mass is 79.9. The molecule has 0 bridgehead atoms. The molecule has 0 aliphatic carbocycles. The minimum atomic E-state index is -0.462. The Kier molecular flexibility index (Phi) is 6.70. The molecule has 2 aromatic carbocycles. The van der Waals surface area contributed by atoms with Gasteiger partial charge in [-0.1, -0.05) is 45.0 Å². The van der Waals surface area contributed by atoms with E-state index in [1.807, 2.05) is 24.3 Å². The topological polar surface area (TPSA) is 97.7 Å². The molecule has 1 aromatic heterocycles. The number of nitrogens with zero attached hydrogens (tertiary/aromatic N) is 2. The number of nitro groups is 1. The first-order valence-corrected chi connectivity index (χ1v) is 10.4. The monoisotopic (exact) mass is 483 g/mol. The van der Waals surface area contributed by atoms with Crippen LogP contribution in [0.25, 0.3) is 11.3 Å². The van der Waals surface area contributed by atoms with Crippen molar-refractivity contribution in [1.82, 2.24) is 5.43 Å². The zero-order chi connectivity index (χ0) is 22.6. The van der Waals surface area contributed by atoms with Gasteiger partial charge < -0.3 is 4.42 Å². The second-order valence-corrected chi connectivity index (χ2v) is 8.89. The van der Waals surface area contributed by atoms with Gasteiger partial charge in [0.25, 0.3) is 5.69 Å². The number of carbonyl (C=O) groups excluding carboxylic acids is 1. The number of furan rings is 1. The number of rotatable bonds is 6. The van der Waals surface area contributed by atoms with Crippen LogP contribution in [0.5, 0.6) is 0 Å². The summed E-state index contributed by atoms with van der Waals surface area (Å²) in [6.07, 6.45) is 1.63. The molecular weight excluding hydrogens is 462 g/mol. The Morgan fingerprint density at radius 2 is 1.87 bits per heavy atom. The number of nitrogens with one attached hydrogen (secondary N) is 1. The van der Waals surface area contributed by atoms with Crippen molar-refractivity contribution < 1.29 is 14.1 Å². The summed E-state index contributed by atoms with van der Waals surface area (Å²) in [4.78, 5) is 22.5. The summed E-state index contributed by atoms with van der Waals surface area (Å²) in [7, 11) is 0. The second-order valence-electron chi connectivity index (χ2n) is 8.04. The fraction of sp³-hybridized carbons (Fsp3) is 0.217. The molecule has 3 rings (SSSR count). The molecule has 0 spiro atoms. The molecule has 0 fully saturated rings. The average Bonchev–Trinajstić information content (AvgIpc) is 3.16. The number of non-ortho nitro benzene ring substituents is 1. The summed E-state index contributed by atoms with van der Waals surface area (Å²) in [5, 5.41) is 14.8. The Hall–Kier alpha value is -3.26. The molecule has 3 aromatic rings. The van der Waals surface area contributed by atoms with E-state index in [9.17, 15) is 14.9 Å². The van der Waals surface area contributed by atoms with Crippen LogP contribution in [-0.2, 0) is 16.6 Å². The van der Waals surface area contributed by atoms with Crippen LogP contribution in [0.1, 0.15) is 37.7 Å². The highest BCUT2D eigenvalue weighted by molar-refractivity contribution is 9.10. The second kappa shape index (κ2) is 9.26. The van der Waals surface area contributed by atoms with Crippen molar-refractivity contribution in [3.8, 4) is 11.3 Å². The highest BCUT2D eigenvalue weighted by Crippen LogP contribution is 2.32. The van der Waals surface area contributed by atoms with Gasteiger partial charge in [0.15, 0.2) is 0 Å². The van der Waals surface area contributed by atoms with E-state index >= 15 is 0 Å². The summed E-state index contributed by atoms with van der Waals surface area (Å²) >= 11 is 3.32. The van der Waals surface area contributed by atoms with Gasteiger partial charge in [-0.05, 0) is 50.7 Å². The lowest BCUT2D eigenvalue weighted by Crippen LogP contribution is -2.20. The molecule has 0 saturated carbocycles. The van der Waals surface area contributed by atoms with Gasteiger partial charge in [0.2, 0.25) is 5.91 Å². The molecule has 0 unspecified atom stereocenters. The van der Waals surface area contributed by atoms with Crippen molar-refractivity contribution in [2.24, 2.45) is 5.10 Å². The number of carbonyl (C=O) groups is 1. The molecule has 0 atom stereocenters. The van der Waals surface area contributed by atoms with Gasteiger partial charge in [-0.25, -0.2) is 5.43 Å². The summed E-state index contributed by atoms with van der Waals surface area (Å²) in [5.74, 6) is 0.730. The number of hydrogen-bond donors (Lipinski definition) is 1. The van der Waals surface area contributed by atoms with E-state index in [-0.39, 0.29) is 23.4 Å². The quantitative estimate of drug-likeness (QED) is 0.280. The van der Waals surface area contributed by atoms with Crippen LogP contribution in [-0.4, -0.2) is 17.0 Å². The maximum atomic E-state index is 12.1. The third-order valence-electron chi connectivity index (χ3n) is 4.62. The van der Waals surface area contributed by atoms with E-state index in [0.717, 1.165) is 5.56 Å². The highest BCUT2D eigenvalue weighted by Gasteiger charge is 2.14. The first-order chi connectivity index (χ1) is 14.6. The van der Waals surface area contributed by atoms with Crippen molar-refractivity contribution in [3.63, 3.8) is 0 Å². The molecule has 1 amide bonds. The Labute approximate surface area is 188 Å². The van der Waals surface area contributed by atoms with Crippen LogP contribution in [0, 0.1) is 10.1 Å². The molecule has 0 saturated heterocycles. The van der Waals surface area contributed by atoms with E-state index in [2.05, 4.69) is 47.2 Å². The fourth-order valence-corrected chi connectivity index (χ4v) is 3.46. The fourth-order valence-electron chi connectivity index (χ4n) is 2.90. The third kappa shape index (κ3) is 5.88. The van der Waals surface area contributed by atoms with Gasteiger partial charge >= 0.3 is 0 Å². The summed E-state index contributed by atoms with van der Waals surface area (Å²) in [6, 6.07) is 15.8. The van der Waals surface area contributed by atoms with Gasteiger partial charge in [-0.3, -0.25) is 14.9 Å². The number of nitro benzene ring substituents is 1. The first kappa shape index (κ1) is 22.4. The normalized spacial score (nSPS) is 11.6. The van der Waals surface area contributed by atoms with Gasteiger partial charge in [0, 0.05) is 22.2 Å². The van der Waals surface area contributed by atoms with E-state index in [1.165, 1.54) is 23.9 Å². The van der Waals surface area contributed by atoms with E-state index in [1.54, 1.807) is 18.2 Å². The Bertz CT molecular complexity index is 1130. The minimum absolute atomic E-state index is 0.0141. The van der Waals surface area contributed by atoms with E-state index < -0.39 is 4.92 Å². The zero-order valence-electron chi connectivity index (χ0n) is 17.4. The van der Waals surface area contributed by atoms with E-state index in [4.69, 9.17) is 4.42 Å². The van der Waals surface area contributed by atoms with Gasteiger partial charge in [-0.15, -0.1) is 0 Å². The minimum Gasteiger partial charge on any atom is -0.455 e. The average molecular weight is 484 g/mol. The predicted octanol–water partition coefficient (Wildman–Crippen LogP) is 5.61. The lowest BCUT2D eigenvalue weighted by atomic mass is 9.86. The molecule has 31 heavy (non-hydrogen) atoms. The Balaban J connectivity index is 1.59. The maximum Gasteiger partial charge on any atom is 0.270 e. The van der Waals surface area contributed by atoms with E-state index in [0.29, 0.717) is 21.6 Å². The number of hydrazone groups is 1. The lowest BCUT2D eigenvalue weighted by molar-refractivity contribution is -0.384. The number of hydrogen-bond acceptors (Lipinski definition) is 5. The first-order valence-electron chi connectivity index (χ1n) is 9.59. The molecule has 1 N–H and O–H groups in total. The molecular formula is C23H22BrN3O4. The van der Waals surface area contributed by atoms with Gasteiger partial charge in [0.05, 0.1) is 17.6 Å². The van der Waals surface area contributed by atoms with Crippen molar-refractivity contribution in [1.29, 1.82) is 0 Å². The van der Waals surface area contributed by atoms with Crippen LogP contribution in [0.4, 0.5) is 5.69 Å². The zero-order valence-corrected chi connectivity index (χ0v) is 19.0. The molecule has 0 aliphatic heterocycles. The maximum absolute atomic E-state index is 12.1. The number of amides is 1. The smallest absolute Gasteiger partial charge is 0.270 e. The Morgan fingerprint density at radius 3 is 2.48 bits per heavy atom. The van der Waals surface area contributed by atoms with Crippen LogP contribution in [0.3, 0.4) is 0 Å². The third-order valence-corrected chi connectivity index (χ3v) is 5.28. The molecule has 7 nitrogen and oxygen atoms in total. The van der Waals surface area contributed by atoms with Crippen molar-refractivity contribution >= 4 is 33.7 Å². The number of benzene rings is 2. The largest absolute Gasteiger partial charge is 0.455 e. The van der Waals surface area contributed by atoms with Gasteiger partial charge in [-0.2, -0.15) is 5.10 Å². The molecule has 160 valence electrons. The Morgan fingerprint density at radius 1 is 1.16 bits per heavy atom. The van der Waals surface area contributed by atoms with Crippen molar-refractivity contribution in [2.75, 3.05) is 0 Å². The van der Waals surface area contributed by atoms with Crippen molar-refractivity contribution in [3.05, 3.63) is 86.1 Å². The molecule has 8 heteroatoms. The van der Waals surface area contributed by atoms with Crippen LogP contribution in [0.15, 0.2) is 68.6 Å². The standard InChI is InChI=1S/C23H22BrN3O4/c1-23(2,3)16-6-4-15(5-7-16)12-22(28)26-25-14-18-9-11-21(31-18)19-10-8-17(27(29)30)13-20(19)24/h4-11,13-14H,12H2,1-3H3,(H,26,28)/b25-14-. The summed E-state index contributed by atoms with van der Waals surface area (Å²) < 4.78 is 6.24. The molecule has 0 radical (unpaired) electrons.